The maximum atomic E-state index is 2.61. The van der Waals surface area contributed by atoms with Gasteiger partial charge >= 0.3 is 165 Å². The number of benzene rings is 1. The Labute approximate surface area is 163 Å². The van der Waals surface area contributed by atoms with Gasteiger partial charge in [-0.25, -0.2) is 0 Å². The Balaban J connectivity index is 2.16. The van der Waals surface area contributed by atoms with Crippen LogP contribution >= 0.6 is 30.2 Å². The first kappa shape index (κ1) is 18.1. The summed E-state index contributed by atoms with van der Waals surface area (Å²) in [5.41, 5.74) is 4.32. The van der Waals surface area contributed by atoms with Crippen LogP contribution in [0.15, 0.2) is 24.3 Å². The first-order chi connectivity index (χ1) is 11.7. The van der Waals surface area contributed by atoms with E-state index < -0.39 is 18.4 Å². The second kappa shape index (κ2) is 6.12. The predicted octanol–water partition coefficient (Wildman–Crippen LogP) is 7.87. The van der Waals surface area contributed by atoms with Crippen LogP contribution in [-0.2, 0) is 0 Å². The predicted molar refractivity (Wildman–Crippen MR) is 123 cm³/mol. The van der Waals surface area contributed by atoms with Gasteiger partial charge < -0.3 is 0 Å². The molecule has 0 amide bonds. The summed E-state index contributed by atoms with van der Waals surface area (Å²) in [6, 6.07) is 9.83. The van der Waals surface area contributed by atoms with Crippen molar-refractivity contribution in [3.63, 3.8) is 0 Å². The zero-order chi connectivity index (χ0) is 18.1. The molecule has 1 unspecified atom stereocenters. The van der Waals surface area contributed by atoms with E-state index in [-0.39, 0.29) is 7.53 Å². The van der Waals surface area contributed by atoms with Crippen molar-refractivity contribution in [3.05, 3.63) is 45.8 Å². The standard InChI is InChI=1S/C18H16PS2.3CH3.Sn/c1-10-7-11(2)16(12(3)8-10)19-14-5-6-20-17(14)18-15(19)9-13(4)21-18;;;;/h5,7-9H,1-4H3;3*1H3;. The molecule has 0 aliphatic carbocycles. The van der Waals surface area contributed by atoms with Crippen LogP contribution in [0.3, 0.4) is 0 Å². The summed E-state index contributed by atoms with van der Waals surface area (Å²) in [5.74, 6) is 0. The molecule has 0 radical (unpaired) electrons. The van der Waals surface area contributed by atoms with Gasteiger partial charge in [0.05, 0.1) is 0 Å². The molecule has 1 aromatic carbocycles. The molecule has 3 heterocycles. The van der Waals surface area contributed by atoms with Crippen LogP contribution in [0.2, 0.25) is 14.8 Å². The van der Waals surface area contributed by atoms with E-state index in [9.17, 15) is 0 Å². The van der Waals surface area contributed by atoms with Crippen molar-refractivity contribution in [1.29, 1.82) is 0 Å². The topological polar surface area (TPSA) is 0 Å². The molecule has 1 atom stereocenters. The molecule has 4 aromatic rings. The molecule has 3 aromatic heterocycles. The average Bonchev–Trinajstić information content (AvgIpc) is 3.10. The zero-order valence-electron chi connectivity index (χ0n) is 16.1. The molecule has 0 bridgehead atoms. The fraction of sp³-hybridized carbons (Fsp3) is 0.333. The van der Waals surface area contributed by atoms with Gasteiger partial charge in [-0.3, -0.25) is 0 Å². The van der Waals surface area contributed by atoms with E-state index >= 15 is 0 Å². The third-order valence-corrected chi connectivity index (χ3v) is 19.7. The van der Waals surface area contributed by atoms with Crippen molar-refractivity contribution >= 4 is 71.1 Å². The monoisotopic (exact) mass is 492 g/mol. The summed E-state index contributed by atoms with van der Waals surface area (Å²) < 4.78 is 4.90. The molecule has 4 rings (SSSR count). The van der Waals surface area contributed by atoms with Crippen molar-refractivity contribution in [1.82, 2.24) is 0 Å². The average molecular weight is 491 g/mol. The Hall–Kier alpha value is -0.281. The van der Waals surface area contributed by atoms with Gasteiger partial charge in [0, 0.05) is 0 Å². The van der Waals surface area contributed by atoms with Gasteiger partial charge in [-0.2, -0.15) is 0 Å². The summed E-state index contributed by atoms with van der Waals surface area (Å²) in [4.78, 5) is 9.09. The molecule has 0 nitrogen and oxygen atoms in total. The van der Waals surface area contributed by atoms with Crippen molar-refractivity contribution in [2.24, 2.45) is 0 Å². The normalized spacial score (nSPS) is 13.3. The maximum absolute atomic E-state index is 2.61. The van der Waals surface area contributed by atoms with Crippen LogP contribution in [0.4, 0.5) is 0 Å². The summed E-state index contributed by atoms with van der Waals surface area (Å²) in [6.45, 7) is 9.10. The zero-order valence-corrected chi connectivity index (χ0v) is 21.5. The van der Waals surface area contributed by atoms with Gasteiger partial charge in [0.1, 0.15) is 0 Å². The van der Waals surface area contributed by atoms with Gasteiger partial charge in [-0.1, -0.05) is 0 Å². The van der Waals surface area contributed by atoms with Gasteiger partial charge in [0.25, 0.3) is 0 Å². The van der Waals surface area contributed by atoms with Crippen molar-refractivity contribution in [2.75, 3.05) is 0 Å². The third-order valence-electron chi connectivity index (χ3n) is 4.83. The summed E-state index contributed by atoms with van der Waals surface area (Å²) in [6.07, 6.45) is 0. The van der Waals surface area contributed by atoms with Crippen LogP contribution < -0.4 is 2.89 Å². The van der Waals surface area contributed by atoms with Gasteiger partial charge in [0.15, 0.2) is 0 Å². The van der Waals surface area contributed by atoms with Crippen molar-refractivity contribution < 1.29 is 0 Å². The molecule has 25 heavy (non-hydrogen) atoms. The molecule has 0 spiro atoms. The summed E-state index contributed by atoms with van der Waals surface area (Å²) in [7, 11) is -0.377. The van der Waals surface area contributed by atoms with Gasteiger partial charge in [0.2, 0.25) is 0 Å². The minimum atomic E-state index is -2.04. The number of fused-ring (bicyclic) bond motifs is 3. The van der Waals surface area contributed by atoms with Crippen LogP contribution in [0.5, 0.6) is 0 Å². The number of thiophene rings is 2. The van der Waals surface area contributed by atoms with E-state index in [1.165, 1.54) is 21.6 Å². The summed E-state index contributed by atoms with van der Waals surface area (Å²) in [5, 5.41) is 4.87. The molecule has 4 heteroatoms. The molecule has 130 valence electrons. The number of hydrogen-bond donors (Lipinski definition) is 0. The van der Waals surface area contributed by atoms with Crippen LogP contribution in [-0.4, -0.2) is 18.4 Å². The first-order valence-corrected chi connectivity index (χ1v) is 21.8. The van der Waals surface area contributed by atoms with Gasteiger partial charge in [-0.05, 0) is 0 Å². The first-order valence-electron chi connectivity index (χ1n) is 8.80. The fourth-order valence-electron chi connectivity index (χ4n) is 3.81. The Morgan fingerprint density at radius 3 is 1.92 bits per heavy atom. The molecule has 0 aliphatic rings. The molecule has 0 fully saturated rings. The number of aryl methyl sites for hydroxylation is 4. The molecule has 0 aliphatic heterocycles. The minimum absolute atomic E-state index is 0.377. The second-order valence-corrected chi connectivity index (χ2v) is 28.0. The SMILES string of the molecule is Cc1cc(C)c(-p2c3cc(C)sc3c3s[c]([Sn]([CH3])([CH3])[CH3])cc32)c(C)c1. The number of rotatable bonds is 2. The van der Waals surface area contributed by atoms with E-state index in [1.807, 2.05) is 11.3 Å². The van der Waals surface area contributed by atoms with Gasteiger partial charge in [-0.15, -0.1) is 0 Å². The fourth-order valence-corrected chi connectivity index (χ4v) is 15.4. The molecule has 0 saturated heterocycles. The Bertz CT molecular complexity index is 1100. The van der Waals surface area contributed by atoms with E-state index in [0.717, 1.165) is 0 Å². The third kappa shape index (κ3) is 2.94. The molecular weight excluding hydrogens is 466 g/mol. The Morgan fingerprint density at radius 1 is 0.760 bits per heavy atom. The van der Waals surface area contributed by atoms with Crippen molar-refractivity contribution in [3.8, 4) is 5.30 Å². The van der Waals surface area contributed by atoms with Crippen LogP contribution in [0.25, 0.3) is 24.9 Å². The Morgan fingerprint density at radius 2 is 1.32 bits per heavy atom. The van der Waals surface area contributed by atoms with E-state index in [2.05, 4.69) is 78.1 Å². The van der Waals surface area contributed by atoms with Crippen LogP contribution in [0, 0.1) is 27.7 Å². The molecular formula is C21H25PS2Sn. The van der Waals surface area contributed by atoms with Crippen LogP contribution in [0.1, 0.15) is 21.6 Å². The van der Waals surface area contributed by atoms with E-state index in [1.54, 1.807) is 27.8 Å². The second-order valence-electron chi connectivity index (χ2n) is 8.23. The molecule has 0 N–H and O–H groups in total. The number of hydrogen-bond acceptors (Lipinski definition) is 2. The van der Waals surface area contributed by atoms with E-state index in [0.29, 0.717) is 0 Å². The Kier molecular flexibility index (Phi) is 4.43. The molecule has 0 saturated carbocycles. The van der Waals surface area contributed by atoms with E-state index in [4.69, 9.17) is 0 Å². The van der Waals surface area contributed by atoms with Crippen molar-refractivity contribution in [2.45, 2.75) is 42.5 Å². The summed E-state index contributed by atoms with van der Waals surface area (Å²) >= 11 is 2.09. The quantitative estimate of drug-likeness (QED) is 0.251.